The Morgan fingerprint density at radius 3 is 2.70 bits per heavy atom. The normalized spacial score (nSPS) is 15.6. The third-order valence-electron chi connectivity index (χ3n) is 5.88. The largest absolute Gasteiger partial charge is 0.493 e. The second-order valence-electron chi connectivity index (χ2n) is 7.86. The van der Waals surface area contributed by atoms with Gasteiger partial charge in [-0.1, -0.05) is 6.07 Å². The summed E-state index contributed by atoms with van der Waals surface area (Å²) in [6.07, 6.45) is 4.98. The van der Waals surface area contributed by atoms with Crippen molar-refractivity contribution in [1.29, 1.82) is 0 Å². The number of aromatic amines is 1. The van der Waals surface area contributed by atoms with E-state index in [1.165, 1.54) is 12.8 Å². The van der Waals surface area contributed by atoms with Gasteiger partial charge in [0.1, 0.15) is 5.69 Å². The Bertz CT molecular complexity index is 1100. The zero-order valence-corrected chi connectivity index (χ0v) is 17.1. The third-order valence-corrected chi connectivity index (χ3v) is 5.88. The molecule has 1 saturated carbocycles. The van der Waals surface area contributed by atoms with E-state index >= 15 is 0 Å². The van der Waals surface area contributed by atoms with Gasteiger partial charge in [0, 0.05) is 48.6 Å². The predicted molar refractivity (Wildman–Crippen MR) is 112 cm³/mol. The number of nitrogens with zero attached hydrogens (tertiary/aromatic N) is 3. The van der Waals surface area contributed by atoms with Crippen LogP contribution < -0.4 is 9.47 Å². The van der Waals surface area contributed by atoms with Crippen LogP contribution in [0.15, 0.2) is 36.5 Å². The van der Waals surface area contributed by atoms with E-state index in [1.807, 2.05) is 35.4 Å². The fourth-order valence-corrected chi connectivity index (χ4v) is 3.98. The summed E-state index contributed by atoms with van der Waals surface area (Å²) in [7, 11) is 3.25. The third kappa shape index (κ3) is 3.40. The van der Waals surface area contributed by atoms with Gasteiger partial charge in [0.2, 0.25) is 0 Å². The van der Waals surface area contributed by atoms with Crippen molar-refractivity contribution in [2.75, 3.05) is 20.8 Å². The summed E-state index contributed by atoms with van der Waals surface area (Å²) in [5.74, 6) is 1.89. The minimum Gasteiger partial charge on any atom is -0.493 e. The maximum atomic E-state index is 13.0. The molecule has 2 aromatic heterocycles. The SMILES string of the molecule is COc1ccc(-c2cnc3c(c2)CN(C(=O)c2cc(C4CC4)[nH]n2)CC3)cc1OC. The molecule has 0 saturated heterocycles. The number of benzene rings is 1. The highest BCUT2D eigenvalue weighted by Crippen LogP contribution is 2.39. The second-order valence-corrected chi connectivity index (χ2v) is 7.86. The number of H-pyrrole nitrogens is 1. The number of nitrogens with one attached hydrogen (secondary N) is 1. The highest BCUT2D eigenvalue weighted by atomic mass is 16.5. The molecule has 1 aromatic carbocycles. The number of rotatable bonds is 5. The molecule has 3 aromatic rings. The molecule has 2 aliphatic rings. The van der Waals surface area contributed by atoms with Crippen molar-refractivity contribution in [3.63, 3.8) is 0 Å². The zero-order valence-electron chi connectivity index (χ0n) is 17.1. The quantitative estimate of drug-likeness (QED) is 0.703. The molecular weight excluding hydrogens is 380 g/mol. The lowest BCUT2D eigenvalue weighted by Gasteiger charge is -2.28. The fraction of sp³-hybridized carbons (Fsp3) is 0.348. The molecule has 1 aliphatic carbocycles. The number of amides is 1. The van der Waals surface area contributed by atoms with Gasteiger partial charge >= 0.3 is 0 Å². The number of carbonyl (C=O) groups is 1. The minimum atomic E-state index is -0.0275. The number of ether oxygens (including phenoxy) is 2. The van der Waals surface area contributed by atoms with E-state index in [0.717, 1.165) is 34.5 Å². The molecule has 0 radical (unpaired) electrons. The van der Waals surface area contributed by atoms with E-state index in [1.54, 1.807) is 14.2 Å². The zero-order chi connectivity index (χ0) is 20.7. The Balaban J connectivity index is 1.38. The summed E-state index contributed by atoms with van der Waals surface area (Å²) in [5, 5.41) is 7.28. The number of hydrogen-bond donors (Lipinski definition) is 1. The molecule has 30 heavy (non-hydrogen) atoms. The second kappa shape index (κ2) is 7.48. The van der Waals surface area contributed by atoms with Gasteiger partial charge in [-0.25, -0.2) is 0 Å². The molecule has 7 nitrogen and oxygen atoms in total. The van der Waals surface area contributed by atoms with Crippen LogP contribution in [0.4, 0.5) is 0 Å². The van der Waals surface area contributed by atoms with Gasteiger partial charge in [0.25, 0.3) is 5.91 Å². The van der Waals surface area contributed by atoms with E-state index in [0.29, 0.717) is 36.2 Å². The lowest BCUT2D eigenvalue weighted by Crippen LogP contribution is -2.36. The van der Waals surface area contributed by atoms with Crippen LogP contribution in [-0.4, -0.2) is 46.8 Å². The summed E-state index contributed by atoms with van der Waals surface area (Å²) < 4.78 is 10.8. The maximum absolute atomic E-state index is 13.0. The van der Waals surface area contributed by atoms with Crippen molar-refractivity contribution in [1.82, 2.24) is 20.1 Å². The Labute approximate surface area is 175 Å². The molecule has 3 heterocycles. The van der Waals surface area contributed by atoms with Crippen molar-refractivity contribution in [2.45, 2.75) is 31.7 Å². The number of carbonyl (C=O) groups excluding carboxylic acids is 1. The van der Waals surface area contributed by atoms with Gasteiger partial charge in [-0.2, -0.15) is 5.10 Å². The average molecular weight is 404 g/mol. The van der Waals surface area contributed by atoms with E-state index in [2.05, 4.69) is 21.2 Å². The van der Waals surface area contributed by atoms with Crippen molar-refractivity contribution < 1.29 is 14.3 Å². The molecule has 1 aliphatic heterocycles. The lowest BCUT2D eigenvalue weighted by atomic mass is 9.99. The van der Waals surface area contributed by atoms with Gasteiger partial charge in [-0.05, 0) is 48.2 Å². The Morgan fingerprint density at radius 2 is 1.93 bits per heavy atom. The predicted octanol–water partition coefficient (Wildman–Crippen LogP) is 3.56. The molecule has 0 unspecified atom stereocenters. The topological polar surface area (TPSA) is 80.3 Å². The van der Waals surface area contributed by atoms with E-state index in [4.69, 9.17) is 9.47 Å². The highest BCUT2D eigenvalue weighted by molar-refractivity contribution is 5.92. The molecule has 154 valence electrons. The van der Waals surface area contributed by atoms with Crippen LogP contribution >= 0.6 is 0 Å². The van der Waals surface area contributed by atoms with Gasteiger partial charge in [-0.15, -0.1) is 0 Å². The number of hydrogen-bond acceptors (Lipinski definition) is 5. The Kier molecular flexibility index (Phi) is 4.65. The Morgan fingerprint density at radius 1 is 1.10 bits per heavy atom. The number of pyridine rings is 1. The van der Waals surface area contributed by atoms with Crippen LogP contribution in [0.2, 0.25) is 0 Å². The fourth-order valence-electron chi connectivity index (χ4n) is 3.98. The molecule has 0 spiro atoms. The van der Waals surface area contributed by atoms with E-state index < -0.39 is 0 Å². The van der Waals surface area contributed by atoms with Crippen LogP contribution in [0.1, 0.15) is 46.2 Å². The van der Waals surface area contributed by atoms with Gasteiger partial charge < -0.3 is 14.4 Å². The molecule has 5 rings (SSSR count). The standard InChI is InChI=1S/C23H24N4O3/c1-29-21-6-5-15(10-22(21)30-2)16-9-17-13-27(8-7-18(17)24-12-16)23(28)20-11-19(25-26-20)14-3-4-14/h5-6,9-12,14H,3-4,7-8,13H2,1-2H3,(H,25,26). The van der Waals surface area contributed by atoms with Gasteiger partial charge in [0.05, 0.1) is 14.2 Å². The molecule has 1 amide bonds. The minimum absolute atomic E-state index is 0.0275. The lowest BCUT2D eigenvalue weighted by molar-refractivity contribution is 0.0727. The number of methoxy groups -OCH3 is 2. The first-order valence-electron chi connectivity index (χ1n) is 10.2. The van der Waals surface area contributed by atoms with Gasteiger partial charge in [-0.3, -0.25) is 14.9 Å². The smallest absolute Gasteiger partial charge is 0.274 e. The van der Waals surface area contributed by atoms with Gasteiger partial charge in [0.15, 0.2) is 11.5 Å². The first kappa shape index (κ1) is 18.7. The summed E-state index contributed by atoms with van der Waals surface area (Å²) in [6, 6.07) is 9.84. The number of fused-ring (bicyclic) bond motifs is 1. The van der Waals surface area contributed by atoms with Crippen LogP contribution in [0.25, 0.3) is 11.1 Å². The van der Waals surface area contributed by atoms with E-state index in [-0.39, 0.29) is 5.91 Å². The summed E-state index contributed by atoms with van der Waals surface area (Å²) in [4.78, 5) is 19.5. The van der Waals surface area contributed by atoms with Crippen molar-refractivity contribution in [3.05, 3.63) is 59.2 Å². The van der Waals surface area contributed by atoms with Crippen LogP contribution in [0.5, 0.6) is 11.5 Å². The average Bonchev–Trinajstić information content (AvgIpc) is 3.53. The van der Waals surface area contributed by atoms with E-state index in [9.17, 15) is 4.79 Å². The van der Waals surface area contributed by atoms with Crippen LogP contribution in [0.3, 0.4) is 0 Å². The molecule has 1 N–H and O–H groups in total. The first-order chi connectivity index (χ1) is 14.7. The van der Waals surface area contributed by atoms with Crippen molar-refractivity contribution in [2.24, 2.45) is 0 Å². The molecule has 0 bridgehead atoms. The highest BCUT2D eigenvalue weighted by Gasteiger charge is 2.29. The van der Waals surface area contributed by atoms with Crippen LogP contribution in [0, 0.1) is 0 Å². The molecular formula is C23H24N4O3. The monoisotopic (exact) mass is 404 g/mol. The van der Waals surface area contributed by atoms with Crippen molar-refractivity contribution >= 4 is 5.91 Å². The summed E-state index contributed by atoms with van der Waals surface area (Å²) in [6.45, 7) is 1.19. The van der Waals surface area contributed by atoms with Crippen molar-refractivity contribution in [3.8, 4) is 22.6 Å². The molecule has 0 atom stereocenters. The Hall–Kier alpha value is -3.35. The number of aromatic nitrogens is 3. The van der Waals surface area contributed by atoms with Crippen LogP contribution in [-0.2, 0) is 13.0 Å². The maximum Gasteiger partial charge on any atom is 0.274 e. The summed E-state index contributed by atoms with van der Waals surface area (Å²) >= 11 is 0. The summed E-state index contributed by atoms with van der Waals surface area (Å²) in [5.41, 5.74) is 5.67. The first-order valence-corrected chi connectivity index (χ1v) is 10.2. The molecule has 7 heteroatoms. The molecule has 1 fully saturated rings.